The minimum Gasteiger partial charge on any atom is -0.338 e. The van der Waals surface area contributed by atoms with Crippen LogP contribution in [0.15, 0.2) is 4.52 Å². The predicted octanol–water partition coefficient (Wildman–Crippen LogP) is 0.109. The van der Waals surface area contributed by atoms with Crippen LogP contribution in [0.1, 0.15) is 37.6 Å². The van der Waals surface area contributed by atoms with Crippen molar-refractivity contribution in [2.24, 2.45) is 11.5 Å². The van der Waals surface area contributed by atoms with Crippen molar-refractivity contribution in [2.45, 2.75) is 25.9 Å². The van der Waals surface area contributed by atoms with Gasteiger partial charge in [-0.05, 0) is 13.8 Å². The third-order valence-corrected chi connectivity index (χ3v) is 1.25. The Morgan fingerprint density at radius 2 is 1.91 bits per heavy atom. The minimum absolute atomic E-state index is 0.203. The fraction of sp³-hybridized carbons (Fsp3) is 0.667. The first-order chi connectivity index (χ1) is 5.11. The Hall–Kier alpha value is -0.940. The lowest BCUT2D eigenvalue weighted by Crippen LogP contribution is -2.09. The lowest BCUT2D eigenvalue weighted by atomic mass is 10.3. The number of nitrogens with zero attached hydrogens (tertiary/aromatic N) is 2. The van der Waals surface area contributed by atoms with E-state index in [0.29, 0.717) is 11.7 Å². The highest BCUT2D eigenvalue weighted by Gasteiger charge is 2.11. The Kier molecular flexibility index (Phi) is 2.21. The normalized spacial score (nSPS) is 16.4. The maximum absolute atomic E-state index is 5.50. The smallest absolute Gasteiger partial charge is 0.243 e. The number of rotatable bonds is 2. The summed E-state index contributed by atoms with van der Waals surface area (Å²) in [6.07, 6.45) is 0. The van der Waals surface area contributed by atoms with Crippen LogP contribution < -0.4 is 11.5 Å². The van der Waals surface area contributed by atoms with Gasteiger partial charge in [-0.25, -0.2) is 0 Å². The van der Waals surface area contributed by atoms with E-state index in [2.05, 4.69) is 10.1 Å². The molecule has 0 amide bonds. The van der Waals surface area contributed by atoms with E-state index in [9.17, 15) is 0 Å². The second-order valence-electron chi connectivity index (χ2n) is 2.57. The molecule has 0 saturated carbocycles. The highest BCUT2D eigenvalue weighted by atomic mass is 16.5. The number of hydrogen-bond donors (Lipinski definition) is 2. The van der Waals surface area contributed by atoms with E-state index in [1.54, 1.807) is 13.8 Å². The van der Waals surface area contributed by atoms with Gasteiger partial charge in [-0.1, -0.05) is 5.16 Å². The molecule has 0 bridgehead atoms. The lowest BCUT2D eigenvalue weighted by Gasteiger charge is -1.94. The summed E-state index contributed by atoms with van der Waals surface area (Å²) < 4.78 is 4.82. The van der Waals surface area contributed by atoms with Crippen LogP contribution in [0.2, 0.25) is 0 Å². The monoisotopic (exact) mass is 156 g/mol. The third-order valence-electron chi connectivity index (χ3n) is 1.25. The SMILES string of the molecule is CC(N)c1noc([C@@H](C)N)n1. The van der Waals surface area contributed by atoms with Crippen LogP contribution in [0.25, 0.3) is 0 Å². The van der Waals surface area contributed by atoms with Crippen molar-refractivity contribution >= 4 is 0 Å². The first-order valence-electron chi connectivity index (χ1n) is 3.46. The Balaban J connectivity index is 2.82. The van der Waals surface area contributed by atoms with Gasteiger partial charge in [0.05, 0.1) is 12.1 Å². The van der Waals surface area contributed by atoms with Crippen molar-refractivity contribution in [2.75, 3.05) is 0 Å². The second kappa shape index (κ2) is 2.98. The predicted molar refractivity (Wildman–Crippen MR) is 39.5 cm³/mol. The summed E-state index contributed by atoms with van der Waals surface area (Å²) in [5.74, 6) is 0.926. The molecule has 0 saturated heterocycles. The van der Waals surface area contributed by atoms with Gasteiger partial charge >= 0.3 is 0 Å². The van der Waals surface area contributed by atoms with Gasteiger partial charge < -0.3 is 16.0 Å². The average molecular weight is 156 g/mol. The summed E-state index contributed by atoms with van der Waals surface area (Å²) in [6.45, 7) is 3.56. The summed E-state index contributed by atoms with van der Waals surface area (Å²) in [5, 5.41) is 3.65. The van der Waals surface area contributed by atoms with Crippen LogP contribution in [0.5, 0.6) is 0 Å². The summed E-state index contributed by atoms with van der Waals surface area (Å²) in [4.78, 5) is 3.98. The molecule has 0 fully saturated rings. The molecule has 5 nitrogen and oxygen atoms in total. The van der Waals surface area contributed by atoms with Crippen molar-refractivity contribution in [3.05, 3.63) is 11.7 Å². The fourth-order valence-corrected chi connectivity index (χ4v) is 0.617. The standard InChI is InChI=1S/C6H12N4O/c1-3(7)5-9-6(4(2)8)11-10-5/h3-4H,7-8H2,1-2H3/t3?,4-/m1/s1. The van der Waals surface area contributed by atoms with Crippen LogP contribution >= 0.6 is 0 Å². The summed E-state index contributed by atoms with van der Waals surface area (Å²) >= 11 is 0. The maximum atomic E-state index is 5.50. The maximum Gasteiger partial charge on any atom is 0.243 e. The van der Waals surface area contributed by atoms with E-state index in [4.69, 9.17) is 16.0 Å². The van der Waals surface area contributed by atoms with Gasteiger partial charge in [-0.2, -0.15) is 4.98 Å². The van der Waals surface area contributed by atoms with E-state index in [-0.39, 0.29) is 12.1 Å². The Morgan fingerprint density at radius 1 is 1.27 bits per heavy atom. The third kappa shape index (κ3) is 1.75. The average Bonchev–Trinajstić information content (AvgIpc) is 2.33. The van der Waals surface area contributed by atoms with E-state index in [1.165, 1.54) is 0 Å². The molecule has 0 radical (unpaired) electrons. The highest BCUT2D eigenvalue weighted by molar-refractivity contribution is 4.93. The van der Waals surface area contributed by atoms with Gasteiger partial charge in [0, 0.05) is 0 Å². The molecule has 1 heterocycles. The molecule has 0 aliphatic rings. The molecule has 0 spiro atoms. The zero-order valence-electron chi connectivity index (χ0n) is 6.61. The van der Waals surface area contributed by atoms with E-state index >= 15 is 0 Å². The fourth-order valence-electron chi connectivity index (χ4n) is 0.617. The van der Waals surface area contributed by atoms with Crippen LogP contribution in [-0.4, -0.2) is 10.1 Å². The van der Waals surface area contributed by atoms with Crippen LogP contribution in [0.3, 0.4) is 0 Å². The van der Waals surface area contributed by atoms with Crippen molar-refractivity contribution in [1.29, 1.82) is 0 Å². The molecule has 62 valence electrons. The topological polar surface area (TPSA) is 91.0 Å². The molecule has 5 heteroatoms. The van der Waals surface area contributed by atoms with Crippen LogP contribution in [0, 0.1) is 0 Å². The Labute approximate surface area is 64.8 Å². The van der Waals surface area contributed by atoms with Gasteiger partial charge in [-0.3, -0.25) is 0 Å². The highest BCUT2D eigenvalue weighted by Crippen LogP contribution is 2.09. The summed E-state index contributed by atoms with van der Waals surface area (Å²) in [5.41, 5.74) is 11.0. The molecular weight excluding hydrogens is 144 g/mol. The summed E-state index contributed by atoms with van der Waals surface area (Å²) in [6, 6.07) is -0.429. The van der Waals surface area contributed by atoms with Crippen molar-refractivity contribution in [3.63, 3.8) is 0 Å². The first kappa shape index (κ1) is 8.16. The molecule has 2 atom stereocenters. The van der Waals surface area contributed by atoms with Crippen molar-refractivity contribution in [3.8, 4) is 0 Å². The van der Waals surface area contributed by atoms with Crippen molar-refractivity contribution in [1.82, 2.24) is 10.1 Å². The molecule has 0 aromatic carbocycles. The van der Waals surface area contributed by atoms with Gasteiger partial charge in [0.2, 0.25) is 5.89 Å². The van der Waals surface area contributed by atoms with Crippen LogP contribution in [-0.2, 0) is 0 Å². The Morgan fingerprint density at radius 3 is 2.18 bits per heavy atom. The molecule has 1 unspecified atom stereocenters. The largest absolute Gasteiger partial charge is 0.338 e. The molecule has 0 aliphatic carbocycles. The quantitative estimate of drug-likeness (QED) is 0.634. The molecule has 1 aromatic rings. The van der Waals surface area contributed by atoms with Crippen LogP contribution in [0.4, 0.5) is 0 Å². The van der Waals surface area contributed by atoms with E-state index < -0.39 is 0 Å². The van der Waals surface area contributed by atoms with Crippen molar-refractivity contribution < 1.29 is 4.52 Å². The molecule has 11 heavy (non-hydrogen) atoms. The van der Waals surface area contributed by atoms with E-state index in [0.717, 1.165) is 0 Å². The first-order valence-corrected chi connectivity index (χ1v) is 3.46. The molecule has 0 aliphatic heterocycles. The zero-order valence-corrected chi connectivity index (χ0v) is 6.61. The number of hydrogen-bond acceptors (Lipinski definition) is 5. The number of aromatic nitrogens is 2. The molecule has 1 rings (SSSR count). The van der Waals surface area contributed by atoms with E-state index in [1.807, 2.05) is 0 Å². The molecule has 1 aromatic heterocycles. The lowest BCUT2D eigenvalue weighted by molar-refractivity contribution is 0.355. The van der Waals surface area contributed by atoms with Gasteiger partial charge in [0.25, 0.3) is 0 Å². The Bertz CT molecular complexity index is 208. The van der Waals surface area contributed by atoms with Gasteiger partial charge in [0.15, 0.2) is 5.82 Å². The minimum atomic E-state index is -0.227. The molecule has 4 N–H and O–H groups in total. The second-order valence-corrected chi connectivity index (χ2v) is 2.57. The van der Waals surface area contributed by atoms with Gasteiger partial charge in [0.1, 0.15) is 0 Å². The molecular formula is C6H12N4O. The zero-order chi connectivity index (χ0) is 8.43. The number of nitrogens with two attached hydrogens (primary N) is 2. The summed E-state index contributed by atoms with van der Waals surface area (Å²) in [7, 11) is 0. The van der Waals surface area contributed by atoms with Gasteiger partial charge in [-0.15, -0.1) is 0 Å².